The van der Waals surface area contributed by atoms with Crippen molar-refractivity contribution in [2.45, 2.75) is 32.2 Å². The molecule has 1 unspecified atom stereocenters. The number of carbonyl (C=O) groups excluding carboxylic acids is 1. The molecule has 1 heterocycles. The Morgan fingerprint density at radius 3 is 2.47 bits per heavy atom. The van der Waals surface area contributed by atoms with E-state index >= 15 is 0 Å². The van der Waals surface area contributed by atoms with Crippen molar-refractivity contribution in [3.05, 3.63) is 0 Å². The van der Waals surface area contributed by atoms with Gasteiger partial charge in [0.2, 0.25) is 5.91 Å². The summed E-state index contributed by atoms with van der Waals surface area (Å²) in [5.41, 5.74) is 5.75. The fourth-order valence-corrected chi connectivity index (χ4v) is 2.76. The molecule has 0 aliphatic carbocycles. The molecule has 0 aromatic carbocycles. The molecule has 0 radical (unpaired) electrons. The summed E-state index contributed by atoms with van der Waals surface area (Å²) in [5, 5.41) is 0. The lowest BCUT2D eigenvalue weighted by Crippen LogP contribution is -2.54. The van der Waals surface area contributed by atoms with Crippen LogP contribution in [0.3, 0.4) is 0 Å². The zero-order valence-electron chi connectivity index (χ0n) is 11.9. The quantitative estimate of drug-likeness (QED) is 0.549. The van der Waals surface area contributed by atoms with Gasteiger partial charge in [-0.2, -0.15) is 0 Å². The molecule has 0 bridgehead atoms. The number of thiocarbonyl (C=S) groups is 1. The number of hydrogen-bond acceptors (Lipinski definition) is 4. The van der Waals surface area contributed by atoms with E-state index in [0.29, 0.717) is 18.0 Å². The molecule has 0 spiro atoms. The van der Waals surface area contributed by atoms with E-state index in [1.54, 1.807) is 7.11 Å². The summed E-state index contributed by atoms with van der Waals surface area (Å²) >= 11 is 5.09. The maximum Gasteiger partial charge on any atom is 0.222 e. The lowest BCUT2D eigenvalue weighted by molar-refractivity contribution is -0.133. The third-order valence-electron chi connectivity index (χ3n) is 3.56. The van der Waals surface area contributed by atoms with E-state index in [0.717, 1.165) is 39.0 Å². The fraction of sp³-hybridized carbons (Fsp3) is 0.846. The van der Waals surface area contributed by atoms with E-state index in [1.807, 2.05) is 4.90 Å². The Bertz CT molecular complexity index is 304. The van der Waals surface area contributed by atoms with Crippen molar-refractivity contribution >= 4 is 23.1 Å². The van der Waals surface area contributed by atoms with Crippen LogP contribution < -0.4 is 5.73 Å². The Balaban J connectivity index is 2.35. The molecule has 6 heteroatoms. The average Bonchev–Trinajstić information content (AvgIpc) is 2.40. The van der Waals surface area contributed by atoms with Gasteiger partial charge in [0, 0.05) is 46.3 Å². The van der Waals surface area contributed by atoms with E-state index in [-0.39, 0.29) is 11.9 Å². The number of methoxy groups -OCH3 is 1. The third kappa shape index (κ3) is 5.04. The molecule has 19 heavy (non-hydrogen) atoms. The zero-order chi connectivity index (χ0) is 14.3. The molecular formula is C13H25N3O2S. The highest BCUT2D eigenvalue weighted by Crippen LogP contribution is 2.11. The molecule has 1 amide bonds. The van der Waals surface area contributed by atoms with Crippen molar-refractivity contribution < 1.29 is 9.53 Å². The molecule has 1 atom stereocenters. The first-order chi connectivity index (χ1) is 9.10. The van der Waals surface area contributed by atoms with Gasteiger partial charge in [-0.3, -0.25) is 9.69 Å². The predicted molar refractivity (Wildman–Crippen MR) is 80.1 cm³/mol. The summed E-state index contributed by atoms with van der Waals surface area (Å²) < 4.78 is 4.96. The first-order valence-electron chi connectivity index (χ1n) is 6.90. The molecule has 1 rings (SSSR count). The molecule has 110 valence electrons. The van der Waals surface area contributed by atoms with Crippen LogP contribution in [-0.4, -0.2) is 66.6 Å². The van der Waals surface area contributed by atoms with Crippen LogP contribution in [0.1, 0.15) is 26.2 Å². The molecule has 0 aromatic heterocycles. The molecule has 5 nitrogen and oxygen atoms in total. The Kier molecular flexibility index (Phi) is 7.27. The summed E-state index contributed by atoms with van der Waals surface area (Å²) in [6.07, 6.45) is 2.29. The molecule has 1 aliphatic heterocycles. The summed E-state index contributed by atoms with van der Waals surface area (Å²) in [4.78, 5) is 16.7. The Hall–Kier alpha value is -0.720. The van der Waals surface area contributed by atoms with Gasteiger partial charge in [0.25, 0.3) is 0 Å². The smallest absolute Gasteiger partial charge is 0.222 e. The standard InChI is InChI=1S/C13H25N3O2S/c1-3-11(13(14)19)15-6-8-16(9-7-15)12(17)5-4-10-18-2/h11H,3-10H2,1-2H3,(H2,14,19). The summed E-state index contributed by atoms with van der Waals surface area (Å²) in [7, 11) is 1.66. The largest absolute Gasteiger partial charge is 0.392 e. The van der Waals surface area contributed by atoms with Crippen molar-refractivity contribution in [3.8, 4) is 0 Å². The van der Waals surface area contributed by atoms with Crippen molar-refractivity contribution in [1.29, 1.82) is 0 Å². The minimum atomic E-state index is 0.167. The van der Waals surface area contributed by atoms with Gasteiger partial charge in [-0.05, 0) is 12.8 Å². The molecule has 1 saturated heterocycles. The van der Waals surface area contributed by atoms with Gasteiger partial charge in [-0.1, -0.05) is 19.1 Å². The number of nitrogens with zero attached hydrogens (tertiary/aromatic N) is 2. The third-order valence-corrected chi connectivity index (χ3v) is 3.83. The van der Waals surface area contributed by atoms with Gasteiger partial charge < -0.3 is 15.4 Å². The minimum Gasteiger partial charge on any atom is -0.392 e. The molecular weight excluding hydrogens is 262 g/mol. The van der Waals surface area contributed by atoms with E-state index < -0.39 is 0 Å². The number of rotatable bonds is 7. The Labute approximate surface area is 121 Å². The number of piperazine rings is 1. The minimum absolute atomic E-state index is 0.167. The highest BCUT2D eigenvalue weighted by Gasteiger charge is 2.26. The van der Waals surface area contributed by atoms with Crippen LogP contribution in [0.2, 0.25) is 0 Å². The summed E-state index contributed by atoms with van der Waals surface area (Å²) in [6.45, 7) is 5.98. The van der Waals surface area contributed by atoms with Crippen LogP contribution in [0.15, 0.2) is 0 Å². The zero-order valence-corrected chi connectivity index (χ0v) is 12.7. The van der Waals surface area contributed by atoms with Gasteiger partial charge in [-0.15, -0.1) is 0 Å². The predicted octanol–water partition coefficient (Wildman–Crippen LogP) is 0.622. The SMILES string of the molecule is CCC(C(N)=S)N1CCN(C(=O)CCCOC)CC1. The topological polar surface area (TPSA) is 58.8 Å². The van der Waals surface area contributed by atoms with Crippen LogP contribution in [0.4, 0.5) is 0 Å². The average molecular weight is 287 g/mol. The normalized spacial score (nSPS) is 18.3. The second-order valence-electron chi connectivity index (χ2n) is 4.84. The van der Waals surface area contributed by atoms with Crippen molar-refractivity contribution in [2.24, 2.45) is 5.73 Å². The number of hydrogen-bond donors (Lipinski definition) is 1. The molecule has 2 N–H and O–H groups in total. The number of carbonyl (C=O) groups is 1. The number of amides is 1. The van der Waals surface area contributed by atoms with E-state index in [9.17, 15) is 4.79 Å². The van der Waals surface area contributed by atoms with E-state index in [4.69, 9.17) is 22.7 Å². The molecule has 0 saturated carbocycles. The number of nitrogens with two attached hydrogens (primary N) is 1. The first-order valence-corrected chi connectivity index (χ1v) is 7.31. The van der Waals surface area contributed by atoms with E-state index in [1.165, 1.54) is 0 Å². The maximum absolute atomic E-state index is 12.0. The second kappa shape index (κ2) is 8.45. The lowest BCUT2D eigenvalue weighted by Gasteiger charge is -2.38. The van der Waals surface area contributed by atoms with Crippen LogP contribution in [0.5, 0.6) is 0 Å². The summed E-state index contributed by atoms with van der Waals surface area (Å²) in [6, 6.07) is 0.167. The monoisotopic (exact) mass is 287 g/mol. The van der Waals surface area contributed by atoms with Gasteiger partial charge in [0.15, 0.2) is 0 Å². The first kappa shape index (κ1) is 16.3. The van der Waals surface area contributed by atoms with Gasteiger partial charge >= 0.3 is 0 Å². The second-order valence-corrected chi connectivity index (χ2v) is 5.31. The number of ether oxygens (including phenoxy) is 1. The highest BCUT2D eigenvalue weighted by atomic mass is 32.1. The molecule has 0 aromatic rings. The van der Waals surface area contributed by atoms with Crippen molar-refractivity contribution in [1.82, 2.24) is 9.80 Å². The van der Waals surface area contributed by atoms with E-state index in [2.05, 4.69) is 11.8 Å². The van der Waals surface area contributed by atoms with Gasteiger partial charge in [0.1, 0.15) is 0 Å². The van der Waals surface area contributed by atoms with Crippen molar-refractivity contribution in [3.63, 3.8) is 0 Å². The molecule has 1 fully saturated rings. The maximum atomic E-state index is 12.0. The molecule has 1 aliphatic rings. The van der Waals surface area contributed by atoms with Crippen LogP contribution >= 0.6 is 12.2 Å². The van der Waals surface area contributed by atoms with Crippen LogP contribution in [0.25, 0.3) is 0 Å². The highest BCUT2D eigenvalue weighted by molar-refractivity contribution is 7.80. The van der Waals surface area contributed by atoms with Gasteiger partial charge in [0.05, 0.1) is 11.0 Å². The Morgan fingerprint density at radius 1 is 1.37 bits per heavy atom. The lowest BCUT2D eigenvalue weighted by atomic mass is 10.1. The Morgan fingerprint density at radius 2 is 2.00 bits per heavy atom. The van der Waals surface area contributed by atoms with Crippen molar-refractivity contribution in [2.75, 3.05) is 39.9 Å². The summed E-state index contributed by atoms with van der Waals surface area (Å²) in [5.74, 6) is 0.222. The van der Waals surface area contributed by atoms with Crippen LogP contribution in [0, 0.1) is 0 Å². The fourth-order valence-electron chi connectivity index (χ4n) is 2.45. The van der Waals surface area contributed by atoms with Crippen LogP contribution in [-0.2, 0) is 9.53 Å². The van der Waals surface area contributed by atoms with Gasteiger partial charge in [-0.25, -0.2) is 0 Å².